The zero-order valence-corrected chi connectivity index (χ0v) is 15.9. The molecule has 0 saturated heterocycles. The number of aromatic amines is 1. The Bertz CT molecular complexity index is 1290. The van der Waals surface area contributed by atoms with E-state index in [1.165, 1.54) is 7.11 Å². The largest absolute Gasteiger partial charge is 0.496 e. The van der Waals surface area contributed by atoms with Crippen LogP contribution in [0.25, 0.3) is 11.1 Å². The first-order valence-corrected chi connectivity index (χ1v) is 8.68. The smallest absolute Gasteiger partial charge is 0.268 e. The number of nitrogen functional groups attached to an aromatic ring is 1. The van der Waals surface area contributed by atoms with Gasteiger partial charge >= 0.3 is 0 Å². The molecule has 8 heteroatoms. The first kappa shape index (κ1) is 20.0. The van der Waals surface area contributed by atoms with Gasteiger partial charge in [0.15, 0.2) is 0 Å². The molecular formula is C22H15N5O3. The molecule has 0 saturated carbocycles. The highest BCUT2D eigenvalue weighted by molar-refractivity contribution is 5.80. The molecule has 1 heterocycles. The van der Waals surface area contributed by atoms with E-state index in [1.807, 2.05) is 18.2 Å². The van der Waals surface area contributed by atoms with Crippen LogP contribution in [0, 0.1) is 34.0 Å². The zero-order valence-electron chi connectivity index (χ0n) is 15.9. The monoisotopic (exact) mass is 397 g/mol. The maximum Gasteiger partial charge on any atom is 0.268 e. The van der Waals surface area contributed by atoms with Gasteiger partial charge in [-0.25, -0.2) is 0 Å². The second-order valence-corrected chi connectivity index (χ2v) is 6.17. The molecule has 3 aromatic rings. The molecular weight excluding hydrogens is 382 g/mol. The molecule has 0 amide bonds. The Morgan fingerprint density at radius 2 is 1.70 bits per heavy atom. The van der Waals surface area contributed by atoms with Crippen LogP contribution in [-0.2, 0) is 6.61 Å². The van der Waals surface area contributed by atoms with Crippen molar-refractivity contribution in [1.82, 2.24) is 4.98 Å². The fourth-order valence-electron chi connectivity index (χ4n) is 2.97. The van der Waals surface area contributed by atoms with Crippen LogP contribution in [0.15, 0.2) is 47.3 Å². The van der Waals surface area contributed by atoms with Crippen LogP contribution >= 0.6 is 0 Å². The van der Waals surface area contributed by atoms with Crippen LogP contribution in [-0.4, -0.2) is 12.1 Å². The average Bonchev–Trinajstić information content (AvgIpc) is 2.77. The number of nitrogens with one attached hydrogen (secondary N) is 1. The van der Waals surface area contributed by atoms with Crippen LogP contribution in [0.5, 0.6) is 11.5 Å². The Balaban J connectivity index is 2.05. The van der Waals surface area contributed by atoms with E-state index in [4.69, 9.17) is 20.5 Å². The van der Waals surface area contributed by atoms with Gasteiger partial charge in [0.2, 0.25) is 0 Å². The second kappa shape index (κ2) is 8.52. The summed E-state index contributed by atoms with van der Waals surface area (Å²) < 4.78 is 11.1. The summed E-state index contributed by atoms with van der Waals surface area (Å²) in [5.74, 6) is 0.974. The first-order valence-electron chi connectivity index (χ1n) is 8.68. The van der Waals surface area contributed by atoms with Gasteiger partial charge in [0.1, 0.15) is 47.2 Å². The van der Waals surface area contributed by atoms with Gasteiger partial charge in [-0.05, 0) is 42.0 Å². The topological polar surface area (TPSA) is 149 Å². The van der Waals surface area contributed by atoms with E-state index in [0.29, 0.717) is 28.2 Å². The molecule has 0 aliphatic rings. The van der Waals surface area contributed by atoms with Crippen molar-refractivity contribution in [3.63, 3.8) is 0 Å². The van der Waals surface area contributed by atoms with E-state index in [9.17, 15) is 15.3 Å². The molecule has 0 aliphatic heterocycles. The van der Waals surface area contributed by atoms with Crippen molar-refractivity contribution in [2.45, 2.75) is 6.61 Å². The Hall–Kier alpha value is -4.74. The molecule has 0 aliphatic carbocycles. The number of nitriles is 3. The van der Waals surface area contributed by atoms with Crippen molar-refractivity contribution in [1.29, 1.82) is 15.8 Å². The molecule has 2 aromatic carbocycles. The number of methoxy groups -OCH3 is 1. The highest BCUT2D eigenvalue weighted by atomic mass is 16.5. The van der Waals surface area contributed by atoms with E-state index in [-0.39, 0.29) is 29.1 Å². The van der Waals surface area contributed by atoms with E-state index < -0.39 is 5.56 Å². The summed E-state index contributed by atoms with van der Waals surface area (Å²) in [6.45, 7) is 0.116. The number of benzene rings is 2. The number of hydrogen-bond acceptors (Lipinski definition) is 7. The second-order valence-electron chi connectivity index (χ2n) is 6.17. The van der Waals surface area contributed by atoms with Crippen LogP contribution in [0.4, 0.5) is 5.82 Å². The van der Waals surface area contributed by atoms with Crippen molar-refractivity contribution >= 4 is 5.82 Å². The standard InChI is InChI=1S/C22H15N5O3/c1-29-19-7-4-14(20-17(10-24)21(26)27-22(28)18(20)11-25)8-15(19)12-30-16-5-2-13(9-23)3-6-16/h2-8H,12H2,1H3,(H3,26,27,28). The van der Waals surface area contributed by atoms with Gasteiger partial charge in [-0.3, -0.25) is 4.79 Å². The third-order valence-corrected chi connectivity index (χ3v) is 4.42. The van der Waals surface area contributed by atoms with Crippen LogP contribution in [0.2, 0.25) is 0 Å². The van der Waals surface area contributed by atoms with Gasteiger partial charge in [-0.1, -0.05) is 6.07 Å². The first-order chi connectivity index (χ1) is 14.5. The summed E-state index contributed by atoms with van der Waals surface area (Å²) in [5.41, 5.74) is 6.68. The molecule has 0 unspecified atom stereocenters. The maximum absolute atomic E-state index is 12.2. The fourth-order valence-corrected chi connectivity index (χ4v) is 2.97. The third-order valence-electron chi connectivity index (χ3n) is 4.42. The lowest BCUT2D eigenvalue weighted by atomic mass is 9.95. The molecule has 0 fully saturated rings. The van der Waals surface area contributed by atoms with Crippen LogP contribution < -0.4 is 20.8 Å². The number of H-pyrrole nitrogens is 1. The van der Waals surface area contributed by atoms with Crippen molar-refractivity contribution in [2.75, 3.05) is 12.8 Å². The lowest BCUT2D eigenvalue weighted by Gasteiger charge is -2.14. The maximum atomic E-state index is 12.2. The van der Waals surface area contributed by atoms with Crippen molar-refractivity contribution in [2.24, 2.45) is 0 Å². The summed E-state index contributed by atoms with van der Waals surface area (Å²) in [6, 6.07) is 17.4. The molecule has 0 bridgehead atoms. The number of nitrogens with zero attached hydrogens (tertiary/aromatic N) is 3. The summed E-state index contributed by atoms with van der Waals surface area (Å²) in [6.07, 6.45) is 0. The average molecular weight is 397 g/mol. The number of nitrogens with two attached hydrogens (primary N) is 1. The third kappa shape index (κ3) is 3.77. The Morgan fingerprint density at radius 1 is 1.00 bits per heavy atom. The highest BCUT2D eigenvalue weighted by Gasteiger charge is 2.19. The lowest BCUT2D eigenvalue weighted by Crippen LogP contribution is -2.16. The normalized spacial score (nSPS) is 9.80. The van der Waals surface area contributed by atoms with Gasteiger partial charge < -0.3 is 20.2 Å². The van der Waals surface area contributed by atoms with Crippen LogP contribution in [0.3, 0.4) is 0 Å². The molecule has 0 atom stereocenters. The SMILES string of the molecule is COc1ccc(-c2c(C#N)c(N)[nH]c(=O)c2C#N)cc1COc1ccc(C#N)cc1. The van der Waals surface area contributed by atoms with Gasteiger partial charge in [0.05, 0.1) is 18.7 Å². The number of pyridine rings is 1. The van der Waals surface area contributed by atoms with Gasteiger partial charge in [-0.15, -0.1) is 0 Å². The van der Waals surface area contributed by atoms with Gasteiger partial charge in [-0.2, -0.15) is 15.8 Å². The predicted octanol–water partition coefficient (Wildman–Crippen LogP) is 2.83. The lowest BCUT2D eigenvalue weighted by molar-refractivity contribution is 0.297. The predicted molar refractivity (Wildman–Crippen MR) is 108 cm³/mol. The Labute approximate surface area is 171 Å². The molecule has 0 spiro atoms. The van der Waals surface area contributed by atoms with E-state index >= 15 is 0 Å². The molecule has 0 radical (unpaired) electrons. The number of anilines is 1. The van der Waals surface area contributed by atoms with E-state index in [0.717, 1.165) is 0 Å². The molecule has 8 nitrogen and oxygen atoms in total. The zero-order chi connectivity index (χ0) is 21.7. The molecule has 3 N–H and O–H groups in total. The fraction of sp³-hybridized carbons (Fsp3) is 0.0909. The summed E-state index contributed by atoms with van der Waals surface area (Å²) in [4.78, 5) is 14.5. The minimum absolute atomic E-state index is 0.00952. The number of ether oxygens (including phenoxy) is 2. The minimum atomic E-state index is -0.671. The van der Waals surface area contributed by atoms with Gasteiger partial charge in [0, 0.05) is 11.1 Å². The Morgan fingerprint density at radius 3 is 2.30 bits per heavy atom. The quantitative estimate of drug-likeness (QED) is 0.672. The van der Waals surface area contributed by atoms with Crippen molar-refractivity contribution in [3.8, 4) is 40.8 Å². The molecule has 30 heavy (non-hydrogen) atoms. The Kier molecular flexibility index (Phi) is 5.68. The molecule has 1 aromatic heterocycles. The summed E-state index contributed by atoms with van der Waals surface area (Å²) in [7, 11) is 1.51. The molecule has 3 rings (SSSR count). The van der Waals surface area contributed by atoms with E-state index in [1.54, 1.807) is 42.5 Å². The number of rotatable bonds is 5. The summed E-state index contributed by atoms with van der Waals surface area (Å²) in [5, 5.41) is 27.8. The van der Waals surface area contributed by atoms with E-state index in [2.05, 4.69) is 4.98 Å². The van der Waals surface area contributed by atoms with Gasteiger partial charge in [0.25, 0.3) is 5.56 Å². The molecule has 146 valence electrons. The summed E-state index contributed by atoms with van der Waals surface area (Å²) >= 11 is 0. The number of aromatic nitrogens is 1. The van der Waals surface area contributed by atoms with Crippen LogP contribution in [0.1, 0.15) is 22.3 Å². The van der Waals surface area contributed by atoms with Crippen molar-refractivity contribution in [3.05, 3.63) is 75.1 Å². The van der Waals surface area contributed by atoms with Crippen molar-refractivity contribution < 1.29 is 9.47 Å². The highest BCUT2D eigenvalue weighted by Crippen LogP contribution is 2.32. The minimum Gasteiger partial charge on any atom is -0.496 e. The number of hydrogen-bond donors (Lipinski definition) is 2.